The number of carbonyl (C=O) groups is 1. The summed E-state index contributed by atoms with van der Waals surface area (Å²) < 4.78 is 25.3. The van der Waals surface area contributed by atoms with Gasteiger partial charge in [0.15, 0.2) is 0 Å². The third-order valence-corrected chi connectivity index (χ3v) is 6.44. The lowest BCUT2D eigenvalue weighted by Gasteiger charge is -2.13. The number of nitrogens with zero attached hydrogens (tertiary/aromatic N) is 2. The van der Waals surface area contributed by atoms with Crippen LogP contribution in [0, 0.1) is 0 Å². The van der Waals surface area contributed by atoms with Gasteiger partial charge in [0, 0.05) is 40.4 Å². The van der Waals surface area contributed by atoms with Crippen LogP contribution in [-0.4, -0.2) is 37.5 Å². The molecule has 1 amide bonds. The van der Waals surface area contributed by atoms with E-state index in [0.29, 0.717) is 15.6 Å². The Hall–Kier alpha value is -2.46. The lowest BCUT2D eigenvalue weighted by atomic mass is 10.1. The minimum absolute atomic E-state index is 0.280. The first-order chi connectivity index (χ1) is 14.2. The summed E-state index contributed by atoms with van der Waals surface area (Å²) in [5, 5.41) is 3.11. The van der Waals surface area contributed by atoms with Crippen molar-refractivity contribution in [2.75, 3.05) is 23.3 Å². The maximum absolute atomic E-state index is 12.9. The molecular formula is C20H19ClN4O3S2. The Morgan fingerprint density at radius 1 is 1.20 bits per heavy atom. The van der Waals surface area contributed by atoms with Gasteiger partial charge in [0.05, 0.1) is 22.5 Å². The third-order valence-electron chi connectivity index (χ3n) is 4.49. The van der Waals surface area contributed by atoms with Crippen LogP contribution in [0.25, 0.3) is 11.3 Å². The molecule has 1 aliphatic rings. The predicted octanol–water partition coefficient (Wildman–Crippen LogP) is 4.03. The number of nitrogens with one attached hydrogen (secondary N) is 2. The number of halogens is 1. The Morgan fingerprint density at radius 3 is 2.73 bits per heavy atom. The van der Waals surface area contributed by atoms with E-state index in [4.69, 9.17) is 11.6 Å². The van der Waals surface area contributed by atoms with Crippen LogP contribution in [0.5, 0.6) is 0 Å². The van der Waals surface area contributed by atoms with Gasteiger partial charge in [-0.25, -0.2) is 8.42 Å². The molecule has 0 fully saturated rings. The second-order valence-electron chi connectivity index (χ2n) is 7.19. The van der Waals surface area contributed by atoms with E-state index in [1.807, 2.05) is 25.2 Å². The summed E-state index contributed by atoms with van der Waals surface area (Å²) in [6.45, 7) is 1.52. The van der Waals surface area contributed by atoms with Gasteiger partial charge in [-0.1, -0.05) is 17.7 Å². The highest BCUT2D eigenvalue weighted by Crippen LogP contribution is 2.36. The molecule has 0 bridgehead atoms. The van der Waals surface area contributed by atoms with Gasteiger partial charge in [-0.2, -0.15) is 0 Å². The van der Waals surface area contributed by atoms with E-state index in [1.165, 1.54) is 23.5 Å². The molecule has 0 spiro atoms. The average Bonchev–Trinajstić information content (AvgIpc) is 2.98. The summed E-state index contributed by atoms with van der Waals surface area (Å²) in [4.78, 5) is 21.2. The van der Waals surface area contributed by atoms with E-state index in [-0.39, 0.29) is 11.6 Å². The average molecular weight is 463 g/mol. The first kappa shape index (κ1) is 20.8. The zero-order chi connectivity index (χ0) is 21.5. The van der Waals surface area contributed by atoms with Crippen LogP contribution in [0.3, 0.4) is 0 Å². The molecule has 30 heavy (non-hydrogen) atoms. The lowest BCUT2D eigenvalue weighted by molar-refractivity contribution is 0.103. The number of aromatic nitrogens is 1. The van der Waals surface area contributed by atoms with Crippen LogP contribution in [0.15, 0.2) is 42.6 Å². The number of hydrogen-bond acceptors (Lipinski definition) is 6. The first-order valence-electron chi connectivity index (χ1n) is 9.03. The molecule has 2 N–H and O–H groups in total. The molecule has 1 aromatic carbocycles. The second kappa shape index (κ2) is 7.99. The van der Waals surface area contributed by atoms with E-state index in [2.05, 4.69) is 19.9 Å². The fraction of sp³-hybridized carbons (Fsp3) is 0.200. The minimum Gasteiger partial charge on any atom is -0.321 e. The van der Waals surface area contributed by atoms with Gasteiger partial charge < -0.3 is 5.32 Å². The minimum atomic E-state index is -3.46. The summed E-state index contributed by atoms with van der Waals surface area (Å²) in [7, 11) is -1.43. The Morgan fingerprint density at radius 2 is 1.97 bits per heavy atom. The Kier molecular flexibility index (Phi) is 5.54. The SMILES string of the molecule is CN1Cc2cccnc2-c2cc(C(=O)Nc3cc(Cl)cc(NS(C)(=O)=O)c3)sc2C1. The molecule has 0 aliphatic carbocycles. The van der Waals surface area contributed by atoms with Crippen LogP contribution < -0.4 is 10.0 Å². The molecule has 156 valence electrons. The molecule has 0 atom stereocenters. The zero-order valence-corrected chi connectivity index (χ0v) is 18.7. The number of carbonyl (C=O) groups excluding carboxylic acids is 1. The monoisotopic (exact) mass is 462 g/mol. The van der Waals surface area contributed by atoms with Gasteiger partial charge in [0.1, 0.15) is 0 Å². The summed E-state index contributed by atoms with van der Waals surface area (Å²) in [5.74, 6) is -0.291. The van der Waals surface area contributed by atoms with Crippen LogP contribution >= 0.6 is 22.9 Å². The molecule has 0 radical (unpaired) electrons. The lowest BCUT2D eigenvalue weighted by Crippen LogP contribution is -2.15. The number of anilines is 2. The topological polar surface area (TPSA) is 91.4 Å². The van der Waals surface area contributed by atoms with Crippen LogP contribution in [0.1, 0.15) is 20.1 Å². The maximum Gasteiger partial charge on any atom is 0.265 e. The number of rotatable bonds is 4. The van der Waals surface area contributed by atoms with E-state index in [1.54, 1.807) is 12.3 Å². The standard InChI is InChI=1S/C20H19ClN4O3S2/c1-25-10-12-4-3-5-22-19(12)16-9-17(29-18(16)11-25)20(26)23-14-6-13(21)7-15(8-14)24-30(2,27)28/h3-9,24H,10-11H2,1-2H3,(H,23,26). The molecule has 0 unspecified atom stereocenters. The van der Waals surface area contributed by atoms with Crippen molar-refractivity contribution in [1.82, 2.24) is 9.88 Å². The smallest absolute Gasteiger partial charge is 0.265 e. The number of hydrogen-bond donors (Lipinski definition) is 2. The largest absolute Gasteiger partial charge is 0.321 e. The highest BCUT2D eigenvalue weighted by Gasteiger charge is 2.23. The van der Waals surface area contributed by atoms with E-state index >= 15 is 0 Å². The third kappa shape index (κ3) is 4.65. The molecular weight excluding hydrogens is 444 g/mol. The van der Waals surface area contributed by atoms with Crippen molar-refractivity contribution < 1.29 is 13.2 Å². The molecule has 4 rings (SSSR count). The van der Waals surface area contributed by atoms with Gasteiger partial charge in [-0.15, -0.1) is 11.3 Å². The summed E-state index contributed by atoms with van der Waals surface area (Å²) >= 11 is 7.51. The van der Waals surface area contributed by atoms with Gasteiger partial charge in [0.25, 0.3) is 5.91 Å². The van der Waals surface area contributed by atoms with Crippen molar-refractivity contribution in [1.29, 1.82) is 0 Å². The Labute approximate surface area is 183 Å². The number of amides is 1. The molecule has 3 aromatic rings. The summed E-state index contributed by atoms with van der Waals surface area (Å²) in [6.07, 6.45) is 2.81. The zero-order valence-electron chi connectivity index (χ0n) is 16.3. The Bertz CT molecular complexity index is 1240. The molecule has 0 saturated carbocycles. The highest BCUT2D eigenvalue weighted by molar-refractivity contribution is 7.92. The van der Waals surface area contributed by atoms with Crippen LogP contribution in [0.4, 0.5) is 11.4 Å². The maximum atomic E-state index is 12.9. The number of sulfonamides is 1. The van der Waals surface area contributed by atoms with Crippen molar-refractivity contribution in [2.24, 2.45) is 0 Å². The van der Waals surface area contributed by atoms with Gasteiger partial charge in [-0.05, 0) is 42.9 Å². The fourth-order valence-corrected chi connectivity index (χ4v) is 5.30. The number of benzene rings is 1. The number of pyridine rings is 1. The fourth-order valence-electron chi connectivity index (χ4n) is 3.39. The molecule has 10 heteroatoms. The van der Waals surface area contributed by atoms with Crippen LogP contribution in [-0.2, 0) is 23.1 Å². The molecule has 2 aromatic heterocycles. The van der Waals surface area contributed by atoms with Crippen molar-refractivity contribution in [3.63, 3.8) is 0 Å². The van der Waals surface area contributed by atoms with Crippen molar-refractivity contribution in [2.45, 2.75) is 13.1 Å². The van der Waals surface area contributed by atoms with Crippen molar-refractivity contribution in [3.05, 3.63) is 62.9 Å². The van der Waals surface area contributed by atoms with E-state index in [0.717, 1.165) is 41.0 Å². The molecule has 3 heterocycles. The van der Waals surface area contributed by atoms with Crippen molar-refractivity contribution in [3.8, 4) is 11.3 Å². The quantitative estimate of drug-likeness (QED) is 0.610. The van der Waals surface area contributed by atoms with E-state index < -0.39 is 10.0 Å². The predicted molar refractivity (Wildman–Crippen MR) is 121 cm³/mol. The Balaban J connectivity index is 1.63. The van der Waals surface area contributed by atoms with Crippen LogP contribution in [0.2, 0.25) is 5.02 Å². The van der Waals surface area contributed by atoms with Gasteiger partial charge in [0.2, 0.25) is 10.0 Å². The summed E-state index contributed by atoms with van der Waals surface area (Å²) in [5.41, 5.74) is 3.67. The number of fused-ring (bicyclic) bond motifs is 3. The van der Waals surface area contributed by atoms with Gasteiger partial charge >= 0.3 is 0 Å². The van der Waals surface area contributed by atoms with E-state index in [9.17, 15) is 13.2 Å². The highest BCUT2D eigenvalue weighted by atomic mass is 35.5. The summed E-state index contributed by atoms with van der Waals surface area (Å²) in [6, 6.07) is 10.4. The van der Waals surface area contributed by atoms with Crippen molar-refractivity contribution >= 4 is 50.2 Å². The molecule has 0 saturated heterocycles. The normalized spacial score (nSPS) is 13.8. The first-order valence-corrected chi connectivity index (χ1v) is 12.1. The number of thiophene rings is 1. The molecule has 1 aliphatic heterocycles. The molecule has 7 nitrogen and oxygen atoms in total. The van der Waals surface area contributed by atoms with Gasteiger partial charge in [-0.3, -0.25) is 19.4 Å². The second-order valence-corrected chi connectivity index (χ2v) is 10.5.